The Balaban J connectivity index is 2.11. The molecule has 102 valence electrons. The second-order valence-corrected chi connectivity index (χ2v) is 6.13. The minimum absolute atomic E-state index is 0.0796. The Morgan fingerprint density at radius 1 is 1.37 bits per heavy atom. The lowest BCUT2D eigenvalue weighted by atomic mass is 10.0. The molecule has 0 fully saturated rings. The van der Waals surface area contributed by atoms with Crippen LogP contribution in [0.4, 0.5) is 0 Å². The van der Waals surface area contributed by atoms with Gasteiger partial charge in [-0.05, 0) is 53.5 Å². The van der Waals surface area contributed by atoms with Gasteiger partial charge in [-0.3, -0.25) is 4.68 Å². The van der Waals surface area contributed by atoms with Crippen molar-refractivity contribution >= 4 is 27.5 Å². The Morgan fingerprint density at radius 2 is 2.11 bits per heavy atom. The Morgan fingerprint density at radius 3 is 2.68 bits per heavy atom. The van der Waals surface area contributed by atoms with Gasteiger partial charge in [0.2, 0.25) is 0 Å². The highest BCUT2D eigenvalue weighted by Crippen LogP contribution is 2.26. The Hall–Kier alpha value is -0.840. The quantitative estimate of drug-likeness (QED) is 0.908. The third kappa shape index (κ3) is 3.59. The summed E-state index contributed by atoms with van der Waals surface area (Å²) in [4.78, 5) is 0. The number of halogens is 2. The fraction of sp³-hybridized carbons (Fsp3) is 0.357. The van der Waals surface area contributed by atoms with Gasteiger partial charge in [-0.1, -0.05) is 17.7 Å². The maximum absolute atomic E-state index is 6.22. The van der Waals surface area contributed by atoms with E-state index in [0.29, 0.717) is 17.5 Å². The fourth-order valence-electron chi connectivity index (χ4n) is 1.86. The first-order valence-corrected chi connectivity index (χ1v) is 7.39. The number of nitrogens with two attached hydrogens (primary N) is 1. The first kappa shape index (κ1) is 14.6. The lowest BCUT2D eigenvalue weighted by Crippen LogP contribution is -2.14. The number of rotatable bonds is 4. The van der Waals surface area contributed by atoms with E-state index in [9.17, 15) is 0 Å². The molecule has 0 aliphatic heterocycles. The van der Waals surface area contributed by atoms with Crippen molar-refractivity contribution in [3.05, 3.63) is 51.2 Å². The predicted molar refractivity (Wildman–Crippen MR) is 82.4 cm³/mol. The lowest BCUT2D eigenvalue weighted by Gasteiger charge is -2.11. The monoisotopic (exact) mass is 341 g/mol. The summed E-state index contributed by atoms with van der Waals surface area (Å²) < 4.78 is 2.81. The smallest absolute Gasteiger partial charge is 0.0643 e. The topological polar surface area (TPSA) is 43.8 Å². The highest BCUT2D eigenvalue weighted by atomic mass is 79.9. The first-order valence-electron chi connectivity index (χ1n) is 6.22. The molecule has 1 atom stereocenters. The van der Waals surface area contributed by atoms with E-state index >= 15 is 0 Å². The summed E-state index contributed by atoms with van der Waals surface area (Å²) in [6, 6.07) is 8.08. The number of hydrogen-bond acceptors (Lipinski definition) is 2. The van der Waals surface area contributed by atoms with Gasteiger partial charge in [-0.25, -0.2) is 0 Å². The predicted octanol–water partition coefficient (Wildman–Crippen LogP) is 4.12. The van der Waals surface area contributed by atoms with Gasteiger partial charge in [-0.2, -0.15) is 5.10 Å². The molecule has 1 aromatic carbocycles. The van der Waals surface area contributed by atoms with Crippen LogP contribution in [-0.4, -0.2) is 9.78 Å². The molecule has 2 rings (SSSR count). The molecule has 0 radical (unpaired) electrons. The summed E-state index contributed by atoms with van der Waals surface area (Å²) in [5.41, 5.74) is 8.28. The molecule has 3 nitrogen and oxygen atoms in total. The van der Waals surface area contributed by atoms with Gasteiger partial charge in [-0.15, -0.1) is 0 Å². The molecule has 0 aliphatic rings. The van der Waals surface area contributed by atoms with Crippen LogP contribution in [0.15, 0.2) is 34.9 Å². The lowest BCUT2D eigenvalue weighted by molar-refractivity contribution is 0.522. The van der Waals surface area contributed by atoms with Crippen LogP contribution in [0.25, 0.3) is 0 Å². The molecule has 1 aromatic heterocycles. The van der Waals surface area contributed by atoms with E-state index in [1.54, 1.807) is 0 Å². The molecule has 0 bridgehead atoms. The molecule has 0 saturated carbocycles. The maximum atomic E-state index is 6.22. The molecule has 1 unspecified atom stereocenters. The normalized spacial score (nSPS) is 12.9. The van der Waals surface area contributed by atoms with Crippen LogP contribution in [-0.2, 0) is 6.42 Å². The first-order chi connectivity index (χ1) is 8.97. The van der Waals surface area contributed by atoms with E-state index in [0.717, 1.165) is 15.7 Å². The SMILES string of the molecule is CC(C)n1ccc(CC(N)c2ccc(Cl)c(Br)c2)n1. The van der Waals surface area contributed by atoms with Gasteiger partial charge in [0.1, 0.15) is 0 Å². The zero-order valence-corrected chi connectivity index (χ0v) is 13.3. The van der Waals surface area contributed by atoms with Crippen molar-refractivity contribution in [1.29, 1.82) is 0 Å². The van der Waals surface area contributed by atoms with Crippen LogP contribution in [0, 0.1) is 0 Å². The van der Waals surface area contributed by atoms with Crippen LogP contribution >= 0.6 is 27.5 Å². The standard InChI is InChI=1S/C14H17BrClN3/c1-9(2)19-6-5-11(18-19)8-14(17)10-3-4-13(16)12(15)7-10/h3-7,9,14H,8,17H2,1-2H3. The van der Waals surface area contributed by atoms with Crippen molar-refractivity contribution in [3.63, 3.8) is 0 Å². The van der Waals surface area contributed by atoms with E-state index in [2.05, 4.69) is 34.9 Å². The van der Waals surface area contributed by atoms with E-state index in [1.807, 2.05) is 35.1 Å². The van der Waals surface area contributed by atoms with Crippen molar-refractivity contribution in [2.75, 3.05) is 0 Å². The highest BCUT2D eigenvalue weighted by Gasteiger charge is 2.11. The van der Waals surface area contributed by atoms with Gasteiger partial charge in [0, 0.05) is 29.2 Å². The Labute approximate surface area is 126 Å². The van der Waals surface area contributed by atoms with Crippen molar-refractivity contribution in [1.82, 2.24) is 9.78 Å². The second kappa shape index (κ2) is 6.07. The molecule has 0 aliphatic carbocycles. The third-order valence-corrected chi connectivity index (χ3v) is 4.21. The van der Waals surface area contributed by atoms with Crippen LogP contribution < -0.4 is 5.73 Å². The van der Waals surface area contributed by atoms with E-state index in [4.69, 9.17) is 17.3 Å². The van der Waals surface area contributed by atoms with Crippen LogP contribution in [0.3, 0.4) is 0 Å². The molecule has 0 saturated heterocycles. The van der Waals surface area contributed by atoms with E-state index < -0.39 is 0 Å². The van der Waals surface area contributed by atoms with Gasteiger partial charge >= 0.3 is 0 Å². The van der Waals surface area contributed by atoms with Crippen LogP contribution in [0.5, 0.6) is 0 Å². The van der Waals surface area contributed by atoms with E-state index in [1.165, 1.54) is 0 Å². The molecule has 2 N–H and O–H groups in total. The summed E-state index contributed by atoms with van der Waals surface area (Å²) >= 11 is 9.40. The Kier molecular flexibility index (Phi) is 4.66. The van der Waals surface area contributed by atoms with Crippen LogP contribution in [0.1, 0.15) is 37.2 Å². The highest BCUT2D eigenvalue weighted by molar-refractivity contribution is 9.10. The summed E-state index contributed by atoms with van der Waals surface area (Å²) in [5, 5.41) is 5.21. The van der Waals surface area contributed by atoms with Gasteiger partial charge < -0.3 is 5.73 Å². The van der Waals surface area contributed by atoms with Crippen molar-refractivity contribution in [2.24, 2.45) is 5.73 Å². The second-order valence-electron chi connectivity index (χ2n) is 4.86. The van der Waals surface area contributed by atoms with Gasteiger partial charge in [0.25, 0.3) is 0 Å². The third-order valence-electron chi connectivity index (χ3n) is 2.99. The molecule has 0 amide bonds. The summed E-state index contributed by atoms with van der Waals surface area (Å²) in [6.07, 6.45) is 2.71. The molecule has 0 spiro atoms. The molecule has 1 heterocycles. The number of benzene rings is 1. The molecular formula is C14H17BrClN3. The fourth-order valence-corrected chi connectivity index (χ4v) is 2.37. The molecular weight excluding hydrogens is 326 g/mol. The average Bonchev–Trinajstić information content (AvgIpc) is 2.81. The van der Waals surface area contributed by atoms with Crippen molar-refractivity contribution in [3.8, 4) is 0 Å². The number of aromatic nitrogens is 2. The van der Waals surface area contributed by atoms with Gasteiger partial charge in [0.15, 0.2) is 0 Å². The number of nitrogens with zero attached hydrogens (tertiary/aromatic N) is 2. The zero-order chi connectivity index (χ0) is 14.0. The van der Waals surface area contributed by atoms with E-state index in [-0.39, 0.29) is 6.04 Å². The van der Waals surface area contributed by atoms with Crippen molar-refractivity contribution in [2.45, 2.75) is 32.4 Å². The largest absolute Gasteiger partial charge is 0.324 e. The zero-order valence-electron chi connectivity index (χ0n) is 11.0. The molecule has 5 heteroatoms. The molecule has 19 heavy (non-hydrogen) atoms. The minimum Gasteiger partial charge on any atom is -0.324 e. The minimum atomic E-state index is -0.0796. The molecule has 2 aromatic rings. The summed E-state index contributed by atoms with van der Waals surface area (Å²) in [5.74, 6) is 0. The number of hydrogen-bond donors (Lipinski definition) is 1. The summed E-state index contributed by atoms with van der Waals surface area (Å²) in [6.45, 7) is 4.21. The summed E-state index contributed by atoms with van der Waals surface area (Å²) in [7, 11) is 0. The maximum Gasteiger partial charge on any atom is 0.0643 e. The van der Waals surface area contributed by atoms with Gasteiger partial charge in [0.05, 0.1) is 10.7 Å². The van der Waals surface area contributed by atoms with Crippen molar-refractivity contribution < 1.29 is 0 Å². The van der Waals surface area contributed by atoms with Crippen LogP contribution in [0.2, 0.25) is 5.02 Å². The average molecular weight is 343 g/mol. The Bertz CT molecular complexity index is 566.